The minimum absolute atomic E-state index is 0.160. The standard InChI is InChI=1S/C12H17ClN2O3S/c1-3-4-5-15(2)12(16)9-6-10(13)8-11(7-9)19(14,17)18/h6-8H,3-5H2,1-2H3,(H2,14,17,18). The van der Waals surface area contributed by atoms with E-state index in [2.05, 4.69) is 0 Å². The third-order valence-corrected chi connectivity index (χ3v) is 3.75. The lowest BCUT2D eigenvalue weighted by atomic mass is 10.2. The zero-order valence-corrected chi connectivity index (χ0v) is 12.5. The minimum atomic E-state index is -3.88. The van der Waals surface area contributed by atoms with E-state index in [1.165, 1.54) is 23.1 Å². The van der Waals surface area contributed by atoms with Crippen LogP contribution in [0.5, 0.6) is 0 Å². The Morgan fingerprint density at radius 3 is 2.53 bits per heavy atom. The van der Waals surface area contributed by atoms with Gasteiger partial charge in [-0.3, -0.25) is 4.79 Å². The number of rotatable bonds is 5. The van der Waals surface area contributed by atoms with Crippen molar-refractivity contribution in [1.82, 2.24) is 4.90 Å². The van der Waals surface area contributed by atoms with Crippen LogP contribution in [0.2, 0.25) is 5.02 Å². The molecule has 1 amide bonds. The quantitative estimate of drug-likeness (QED) is 0.901. The molecule has 1 rings (SSSR count). The Kier molecular flexibility index (Phi) is 5.34. The SMILES string of the molecule is CCCCN(C)C(=O)c1cc(Cl)cc(S(N)(=O)=O)c1. The number of nitrogens with two attached hydrogens (primary N) is 1. The first-order valence-corrected chi connectivity index (χ1v) is 7.77. The number of nitrogens with zero attached hydrogens (tertiary/aromatic N) is 1. The number of carbonyl (C=O) groups is 1. The number of sulfonamides is 1. The third kappa shape index (κ3) is 4.49. The van der Waals surface area contributed by atoms with E-state index in [9.17, 15) is 13.2 Å². The van der Waals surface area contributed by atoms with Crippen LogP contribution in [0.4, 0.5) is 0 Å². The second-order valence-corrected chi connectivity index (χ2v) is 6.30. The van der Waals surface area contributed by atoms with Gasteiger partial charge in [0.15, 0.2) is 0 Å². The van der Waals surface area contributed by atoms with Gasteiger partial charge in [-0.25, -0.2) is 13.6 Å². The number of unbranched alkanes of at least 4 members (excludes halogenated alkanes) is 1. The molecule has 0 heterocycles. The van der Waals surface area contributed by atoms with E-state index in [1.807, 2.05) is 6.92 Å². The summed E-state index contributed by atoms with van der Waals surface area (Å²) in [7, 11) is -2.22. The number of hydrogen-bond donors (Lipinski definition) is 1. The molecule has 0 aromatic heterocycles. The van der Waals surface area contributed by atoms with Crippen LogP contribution < -0.4 is 5.14 Å². The molecule has 0 saturated heterocycles. The summed E-state index contributed by atoms with van der Waals surface area (Å²) in [6.07, 6.45) is 1.85. The number of carbonyl (C=O) groups excluding carboxylic acids is 1. The molecule has 0 aliphatic heterocycles. The van der Waals surface area contributed by atoms with E-state index in [0.717, 1.165) is 12.8 Å². The monoisotopic (exact) mass is 304 g/mol. The maximum Gasteiger partial charge on any atom is 0.253 e. The number of benzene rings is 1. The molecule has 2 N–H and O–H groups in total. The largest absolute Gasteiger partial charge is 0.342 e. The molecule has 0 radical (unpaired) electrons. The summed E-state index contributed by atoms with van der Waals surface area (Å²) < 4.78 is 22.6. The summed E-state index contributed by atoms with van der Waals surface area (Å²) in [4.78, 5) is 13.5. The Bertz CT molecular complexity index is 572. The van der Waals surface area contributed by atoms with Crippen molar-refractivity contribution in [2.24, 2.45) is 5.14 Å². The van der Waals surface area contributed by atoms with Crippen LogP contribution in [0.25, 0.3) is 0 Å². The van der Waals surface area contributed by atoms with Gasteiger partial charge in [-0.15, -0.1) is 0 Å². The second-order valence-electron chi connectivity index (χ2n) is 4.30. The lowest BCUT2D eigenvalue weighted by Crippen LogP contribution is -2.28. The van der Waals surface area contributed by atoms with Crippen molar-refractivity contribution in [2.45, 2.75) is 24.7 Å². The molecule has 0 unspecified atom stereocenters. The molecule has 5 nitrogen and oxygen atoms in total. The van der Waals surface area contributed by atoms with E-state index in [0.29, 0.717) is 6.54 Å². The molecule has 19 heavy (non-hydrogen) atoms. The van der Waals surface area contributed by atoms with Crippen LogP contribution in [-0.2, 0) is 10.0 Å². The summed E-state index contributed by atoms with van der Waals surface area (Å²) >= 11 is 5.82. The zero-order valence-electron chi connectivity index (χ0n) is 10.9. The Morgan fingerprint density at radius 1 is 1.37 bits per heavy atom. The van der Waals surface area contributed by atoms with Gasteiger partial charge >= 0.3 is 0 Å². The lowest BCUT2D eigenvalue weighted by Gasteiger charge is -2.17. The predicted molar refractivity (Wildman–Crippen MR) is 74.7 cm³/mol. The van der Waals surface area contributed by atoms with E-state index in [4.69, 9.17) is 16.7 Å². The summed E-state index contributed by atoms with van der Waals surface area (Å²) in [5.41, 5.74) is 0.218. The van der Waals surface area contributed by atoms with Gasteiger partial charge < -0.3 is 4.90 Å². The van der Waals surface area contributed by atoms with Crippen molar-refractivity contribution in [3.63, 3.8) is 0 Å². The van der Waals surface area contributed by atoms with E-state index >= 15 is 0 Å². The maximum absolute atomic E-state index is 12.1. The Hall–Kier alpha value is -1.11. The Labute approximate surface area is 118 Å². The number of primary sulfonamides is 1. The van der Waals surface area contributed by atoms with E-state index < -0.39 is 10.0 Å². The Balaban J connectivity index is 3.07. The molecule has 1 aromatic rings. The first-order valence-electron chi connectivity index (χ1n) is 5.84. The summed E-state index contributed by atoms with van der Waals surface area (Å²) in [6.45, 7) is 2.63. The highest BCUT2D eigenvalue weighted by atomic mass is 35.5. The van der Waals surface area contributed by atoms with Crippen molar-refractivity contribution >= 4 is 27.5 Å². The topological polar surface area (TPSA) is 80.5 Å². The van der Waals surface area contributed by atoms with Gasteiger partial charge in [0.25, 0.3) is 5.91 Å². The molecule has 1 aromatic carbocycles. The number of hydrogen-bond acceptors (Lipinski definition) is 3. The molecule has 0 aliphatic rings. The highest BCUT2D eigenvalue weighted by molar-refractivity contribution is 7.89. The van der Waals surface area contributed by atoms with Crippen molar-refractivity contribution in [1.29, 1.82) is 0 Å². The average molecular weight is 305 g/mol. The van der Waals surface area contributed by atoms with E-state index in [-0.39, 0.29) is 21.4 Å². The predicted octanol–water partition coefficient (Wildman–Crippen LogP) is 1.86. The fraction of sp³-hybridized carbons (Fsp3) is 0.417. The van der Waals surface area contributed by atoms with Gasteiger partial charge in [0.2, 0.25) is 10.0 Å². The second kappa shape index (κ2) is 6.36. The van der Waals surface area contributed by atoms with Crippen molar-refractivity contribution < 1.29 is 13.2 Å². The number of halogens is 1. The molecule has 106 valence electrons. The summed E-state index contributed by atoms with van der Waals surface area (Å²) in [5, 5.41) is 5.21. The van der Waals surface area contributed by atoms with Crippen molar-refractivity contribution in [2.75, 3.05) is 13.6 Å². The fourth-order valence-corrected chi connectivity index (χ4v) is 2.45. The minimum Gasteiger partial charge on any atom is -0.342 e. The molecule has 0 aliphatic carbocycles. The highest BCUT2D eigenvalue weighted by Gasteiger charge is 2.16. The van der Waals surface area contributed by atoms with Crippen LogP contribution in [0, 0.1) is 0 Å². The van der Waals surface area contributed by atoms with Crippen LogP contribution in [0.15, 0.2) is 23.1 Å². The molecular formula is C12H17ClN2O3S. The average Bonchev–Trinajstić information content (AvgIpc) is 2.33. The lowest BCUT2D eigenvalue weighted by molar-refractivity contribution is 0.0793. The molecule has 7 heteroatoms. The van der Waals surface area contributed by atoms with Crippen LogP contribution in [-0.4, -0.2) is 32.8 Å². The van der Waals surface area contributed by atoms with Gasteiger partial charge in [-0.05, 0) is 24.6 Å². The van der Waals surface area contributed by atoms with Gasteiger partial charge in [0.05, 0.1) is 4.90 Å². The van der Waals surface area contributed by atoms with Gasteiger partial charge in [-0.2, -0.15) is 0 Å². The first-order chi connectivity index (χ1) is 8.75. The summed E-state index contributed by atoms with van der Waals surface area (Å²) in [5.74, 6) is -0.277. The zero-order chi connectivity index (χ0) is 14.6. The van der Waals surface area contributed by atoms with Crippen molar-refractivity contribution in [3.8, 4) is 0 Å². The van der Waals surface area contributed by atoms with Gasteiger partial charge in [0.1, 0.15) is 0 Å². The van der Waals surface area contributed by atoms with Gasteiger partial charge in [0, 0.05) is 24.2 Å². The first kappa shape index (κ1) is 15.9. The normalized spacial score (nSPS) is 11.4. The molecular weight excluding hydrogens is 288 g/mol. The fourth-order valence-electron chi connectivity index (χ4n) is 1.57. The maximum atomic E-state index is 12.1. The highest BCUT2D eigenvalue weighted by Crippen LogP contribution is 2.19. The molecule has 0 fully saturated rings. The summed E-state index contributed by atoms with van der Waals surface area (Å²) in [6, 6.07) is 3.90. The van der Waals surface area contributed by atoms with E-state index in [1.54, 1.807) is 7.05 Å². The number of amides is 1. The smallest absolute Gasteiger partial charge is 0.253 e. The van der Waals surface area contributed by atoms with Crippen LogP contribution in [0.1, 0.15) is 30.1 Å². The van der Waals surface area contributed by atoms with Gasteiger partial charge in [-0.1, -0.05) is 24.9 Å². The molecule has 0 spiro atoms. The van der Waals surface area contributed by atoms with Crippen LogP contribution >= 0.6 is 11.6 Å². The Morgan fingerprint density at radius 2 is 2.00 bits per heavy atom. The van der Waals surface area contributed by atoms with Crippen LogP contribution in [0.3, 0.4) is 0 Å². The van der Waals surface area contributed by atoms with Crippen molar-refractivity contribution in [3.05, 3.63) is 28.8 Å². The third-order valence-electron chi connectivity index (χ3n) is 2.64. The molecule has 0 bridgehead atoms. The molecule has 0 saturated carbocycles. The molecule has 0 atom stereocenters.